The molecule has 1 fully saturated rings. The maximum atomic E-state index is 13.1. The molecule has 0 aliphatic carbocycles. The highest BCUT2D eigenvalue weighted by Gasteiger charge is 2.45. The van der Waals surface area contributed by atoms with Gasteiger partial charge in [0, 0.05) is 18.8 Å². The lowest BCUT2D eigenvalue weighted by molar-refractivity contribution is -0.158. The molecule has 0 radical (unpaired) electrons. The van der Waals surface area contributed by atoms with Gasteiger partial charge < -0.3 is 19.7 Å². The Morgan fingerprint density at radius 3 is 2.58 bits per heavy atom. The topological polar surface area (TPSA) is 67.9 Å². The van der Waals surface area contributed by atoms with E-state index >= 15 is 0 Å². The second-order valence-corrected chi connectivity index (χ2v) is 8.24. The summed E-state index contributed by atoms with van der Waals surface area (Å²) in [5, 5.41) is 2.99. The molecule has 1 atom stereocenters. The Bertz CT molecular complexity index is 943. The van der Waals surface area contributed by atoms with Crippen molar-refractivity contribution >= 4 is 17.7 Å². The third kappa shape index (κ3) is 5.19. The first-order chi connectivity index (χ1) is 14.9. The molecule has 0 saturated carbocycles. The van der Waals surface area contributed by atoms with Crippen molar-refractivity contribution < 1.29 is 19.1 Å². The number of hydrogen-bond donors (Lipinski definition) is 1. The summed E-state index contributed by atoms with van der Waals surface area (Å²) >= 11 is 0. The van der Waals surface area contributed by atoms with Gasteiger partial charge in [-0.15, -0.1) is 0 Å². The molecule has 166 valence electrons. The highest BCUT2D eigenvalue weighted by atomic mass is 16.5. The first kappa shape index (κ1) is 22.7. The van der Waals surface area contributed by atoms with Crippen molar-refractivity contribution in [1.29, 1.82) is 0 Å². The van der Waals surface area contributed by atoms with Crippen LogP contribution in [-0.4, -0.2) is 43.7 Å². The lowest BCUT2D eigenvalue weighted by Gasteiger charge is -2.41. The van der Waals surface area contributed by atoms with Gasteiger partial charge >= 0.3 is 12.0 Å². The zero-order valence-corrected chi connectivity index (χ0v) is 18.9. The van der Waals surface area contributed by atoms with Crippen molar-refractivity contribution in [3.63, 3.8) is 0 Å². The Morgan fingerprint density at radius 1 is 1.13 bits per heavy atom. The number of carbonyl (C=O) groups excluding carboxylic acids is 2. The van der Waals surface area contributed by atoms with E-state index < -0.39 is 5.41 Å². The van der Waals surface area contributed by atoms with E-state index in [0.717, 1.165) is 34.5 Å². The van der Waals surface area contributed by atoms with Crippen molar-refractivity contribution in [2.75, 3.05) is 32.1 Å². The molecule has 6 heteroatoms. The van der Waals surface area contributed by atoms with Gasteiger partial charge in [0.05, 0.1) is 19.1 Å². The first-order valence-corrected chi connectivity index (χ1v) is 10.8. The normalized spacial score (nSPS) is 18.4. The molecule has 3 rings (SSSR count). The zero-order valence-electron chi connectivity index (χ0n) is 18.9. The Balaban J connectivity index is 1.81. The Labute approximate surface area is 184 Å². The van der Waals surface area contributed by atoms with E-state index in [1.807, 2.05) is 57.2 Å². The number of nitrogens with one attached hydrogen (secondary N) is 1. The quantitative estimate of drug-likeness (QED) is 0.681. The number of methoxy groups -OCH3 is 1. The third-order valence-corrected chi connectivity index (χ3v) is 6.04. The van der Waals surface area contributed by atoms with Crippen LogP contribution in [0.3, 0.4) is 0 Å². The van der Waals surface area contributed by atoms with Gasteiger partial charge in [0.2, 0.25) is 0 Å². The molecule has 2 amide bonds. The van der Waals surface area contributed by atoms with Gasteiger partial charge in [-0.05, 0) is 74.9 Å². The predicted molar refractivity (Wildman–Crippen MR) is 122 cm³/mol. The van der Waals surface area contributed by atoms with Gasteiger partial charge in [-0.2, -0.15) is 0 Å². The Hall–Kier alpha value is -3.02. The van der Waals surface area contributed by atoms with E-state index in [0.29, 0.717) is 32.5 Å². The van der Waals surface area contributed by atoms with E-state index in [2.05, 4.69) is 11.4 Å². The average Bonchev–Trinajstić information content (AvgIpc) is 2.77. The number of urea groups is 1. The number of nitrogens with zero attached hydrogens (tertiary/aromatic N) is 1. The second-order valence-electron chi connectivity index (χ2n) is 8.24. The van der Waals surface area contributed by atoms with Crippen molar-refractivity contribution in [3.05, 3.63) is 59.2 Å². The molecular weight excluding hydrogens is 392 g/mol. The molecule has 1 aliphatic heterocycles. The number of esters is 1. The monoisotopic (exact) mass is 424 g/mol. The maximum absolute atomic E-state index is 13.1. The lowest BCUT2D eigenvalue weighted by atomic mass is 9.74. The minimum atomic E-state index is -0.743. The Morgan fingerprint density at radius 2 is 1.90 bits per heavy atom. The molecule has 0 bridgehead atoms. The summed E-state index contributed by atoms with van der Waals surface area (Å²) in [5.74, 6) is 0.518. The smallest absolute Gasteiger partial charge is 0.321 e. The highest BCUT2D eigenvalue weighted by Crippen LogP contribution is 2.36. The molecule has 1 heterocycles. The van der Waals surface area contributed by atoms with Crippen LogP contribution in [0.1, 0.15) is 36.5 Å². The number of ether oxygens (including phenoxy) is 2. The lowest BCUT2D eigenvalue weighted by Crippen LogP contribution is -2.52. The third-order valence-electron chi connectivity index (χ3n) is 6.04. The average molecular weight is 425 g/mol. The molecule has 0 unspecified atom stereocenters. The zero-order chi connectivity index (χ0) is 22.4. The van der Waals surface area contributed by atoms with E-state index in [1.165, 1.54) is 0 Å². The van der Waals surface area contributed by atoms with Crippen LogP contribution < -0.4 is 10.1 Å². The maximum Gasteiger partial charge on any atom is 0.321 e. The summed E-state index contributed by atoms with van der Waals surface area (Å²) in [6, 6.07) is 13.4. The van der Waals surface area contributed by atoms with Gasteiger partial charge in [0.1, 0.15) is 5.75 Å². The molecular formula is C25H32N2O4. The number of aryl methyl sites for hydroxylation is 2. The first-order valence-electron chi connectivity index (χ1n) is 10.8. The largest absolute Gasteiger partial charge is 0.497 e. The summed E-state index contributed by atoms with van der Waals surface area (Å²) < 4.78 is 10.7. The summed E-state index contributed by atoms with van der Waals surface area (Å²) in [6.07, 6.45) is 2.01. The van der Waals surface area contributed by atoms with E-state index in [1.54, 1.807) is 12.0 Å². The van der Waals surface area contributed by atoms with Crippen LogP contribution in [0.15, 0.2) is 42.5 Å². The van der Waals surface area contributed by atoms with Gasteiger partial charge in [-0.25, -0.2) is 4.79 Å². The fourth-order valence-electron chi connectivity index (χ4n) is 4.24. The number of rotatable bonds is 6. The number of benzene rings is 2. The van der Waals surface area contributed by atoms with Crippen LogP contribution in [0.2, 0.25) is 0 Å². The summed E-state index contributed by atoms with van der Waals surface area (Å²) in [4.78, 5) is 27.9. The van der Waals surface area contributed by atoms with Gasteiger partial charge in [0.25, 0.3) is 0 Å². The molecule has 1 saturated heterocycles. The number of likely N-dealkylation sites (tertiary alicyclic amines) is 1. The van der Waals surface area contributed by atoms with Crippen LogP contribution in [0, 0.1) is 19.3 Å². The fourth-order valence-corrected chi connectivity index (χ4v) is 4.24. The minimum absolute atomic E-state index is 0.202. The predicted octanol–water partition coefficient (Wildman–Crippen LogP) is 4.73. The van der Waals surface area contributed by atoms with Crippen molar-refractivity contribution in [2.24, 2.45) is 5.41 Å². The van der Waals surface area contributed by atoms with Crippen LogP contribution in [0.5, 0.6) is 5.75 Å². The Kier molecular flexibility index (Phi) is 7.21. The summed E-state index contributed by atoms with van der Waals surface area (Å²) in [6.45, 7) is 7.06. The summed E-state index contributed by atoms with van der Waals surface area (Å²) in [7, 11) is 1.62. The molecule has 2 aromatic rings. The molecule has 1 aliphatic rings. The number of piperidine rings is 1. The summed E-state index contributed by atoms with van der Waals surface area (Å²) in [5.41, 5.74) is 3.16. The molecule has 31 heavy (non-hydrogen) atoms. The van der Waals surface area contributed by atoms with Gasteiger partial charge in [-0.3, -0.25) is 4.79 Å². The number of hydrogen-bond acceptors (Lipinski definition) is 4. The second kappa shape index (κ2) is 9.86. The van der Waals surface area contributed by atoms with E-state index in [9.17, 15) is 9.59 Å². The molecule has 0 spiro atoms. The molecule has 2 aromatic carbocycles. The molecule has 0 aromatic heterocycles. The number of amides is 2. The highest BCUT2D eigenvalue weighted by molar-refractivity contribution is 5.91. The number of carbonyl (C=O) groups is 2. The van der Waals surface area contributed by atoms with Crippen molar-refractivity contribution in [3.8, 4) is 5.75 Å². The van der Waals surface area contributed by atoms with Crippen molar-refractivity contribution in [2.45, 2.75) is 40.0 Å². The van der Waals surface area contributed by atoms with E-state index in [4.69, 9.17) is 9.47 Å². The van der Waals surface area contributed by atoms with Gasteiger partial charge in [0.15, 0.2) is 0 Å². The fraction of sp³-hybridized carbons (Fsp3) is 0.440. The van der Waals surface area contributed by atoms with Crippen molar-refractivity contribution in [1.82, 2.24) is 4.90 Å². The van der Waals surface area contributed by atoms with Gasteiger partial charge in [-0.1, -0.05) is 24.3 Å². The van der Waals surface area contributed by atoms with Crippen LogP contribution >= 0.6 is 0 Å². The SMILES string of the molecule is CCOC(=O)[C@]1(Cc2ccccc2C)CCCN(C(=O)Nc2ccc(OC)cc2C)C1. The minimum Gasteiger partial charge on any atom is -0.497 e. The molecule has 6 nitrogen and oxygen atoms in total. The van der Waals surface area contributed by atoms with E-state index in [-0.39, 0.29) is 12.0 Å². The number of anilines is 1. The standard InChI is InChI=1S/C25H32N2O4/c1-5-31-23(28)25(16-20-10-7-6-9-18(20)2)13-8-14-27(17-25)24(29)26-22-12-11-21(30-4)15-19(22)3/h6-7,9-12,15H,5,8,13-14,16-17H2,1-4H3,(H,26,29)/t25-/m0/s1. The molecule has 1 N–H and O–H groups in total. The van der Waals surface area contributed by atoms with Crippen LogP contribution in [0.4, 0.5) is 10.5 Å². The van der Waals surface area contributed by atoms with Crippen LogP contribution in [0.25, 0.3) is 0 Å². The van der Waals surface area contributed by atoms with Crippen LogP contribution in [-0.2, 0) is 16.0 Å².